The summed E-state index contributed by atoms with van der Waals surface area (Å²) in [7, 11) is 0. The van der Waals surface area contributed by atoms with Crippen LogP contribution in [0.4, 0.5) is 36.4 Å². The zero-order chi connectivity index (χ0) is 24.9. The summed E-state index contributed by atoms with van der Waals surface area (Å²) in [6, 6.07) is 4.10. The number of carbonyl (C=O) groups is 1. The number of hydrogen-bond acceptors (Lipinski definition) is 6. The molecule has 0 spiro atoms. The summed E-state index contributed by atoms with van der Waals surface area (Å²) in [5, 5.41) is 2.32. The van der Waals surface area contributed by atoms with Crippen molar-refractivity contribution in [2.75, 3.05) is 18.5 Å². The van der Waals surface area contributed by atoms with Gasteiger partial charge < -0.3 is 20.5 Å². The molecule has 3 N–H and O–H groups in total. The number of carbonyl (C=O) groups excluding carboxylic acids is 1. The highest BCUT2D eigenvalue weighted by molar-refractivity contribution is 6.02. The third kappa shape index (κ3) is 4.24. The maximum Gasteiger partial charge on any atom is 0.417 e. The molecule has 1 saturated heterocycles. The maximum atomic E-state index is 14.8. The van der Waals surface area contributed by atoms with Crippen LogP contribution in [0.25, 0.3) is 0 Å². The van der Waals surface area contributed by atoms with Gasteiger partial charge in [0.05, 0.1) is 24.6 Å². The highest BCUT2D eigenvalue weighted by Gasteiger charge is 2.63. The fourth-order valence-corrected chi connectivity index (χ4v) is 3.91. The van der Waals surface area contributed by atoms with E-state index in [1.807, 2.05) is 0 Å². The van der Waals surface area contributed by atoms with Gasteiger partial charge in [-0.15, -0.1) is 0 Å². The first-order chi connectivity index (χ1) is 15.8. The minimum atomic E-state index is -4.78. The molecule has 1 amide bonds. The fraction of sp³-hybridized carbons (Fsp3) is 0.350. The smallest absolute Gasteiger partial charge is 0.417 e. The van der Waals surface area contributed by atoms with Gasteiger partial charge in [0, 0.05) is 17.4 Å². The number of halogens is 7. The molecule has 2 aliphatic rings. The predicted molar refractivity (Wildman–Crippen MR) is 102 cm³/mol. The van der Waals surface area contributed by atoms with Gasteiger partial charge >= 0.3 is 12.4 Å². The molecule has 4 rings (SSSR count). The second kappa shape index (κ2) is 8.11. The number of hydrogen-bond donors (Lipinski definition) is 2. The van der Waals surface area contributed by atoms with E-state index in [1.54, 1.807) is 0 Å². The number of fused-ring (bicyclic) bond motifs is 1. The van der Waals surface area contributed by atoms with Crippen molar-refractivity contribution in [3.8, 4) is 0 Å². The number of aliphatic imine (C=N–C) groups is 1. The largest absolute Gasteiger partial charge is 0.451 e. The van der Waals surface area contributed by atoms with Gasteiger partial charge in [-0.2, -0.15) is 26.3 Å². The van der Waals surface area contributed by atoms with Crippen LogP contribution >= 0.6 is 0 Å². The van der Waals surface area contributed by atoms with Crippen molar-refractivity contribution < 1.29 is 45.0 Å². The molecule has 182 valence electrons. The average molecular weight is 492 g/mol. The summed E-state index contributed by atoms with van der Waals surface area (Å²) in [4.78, 5) is 19.6. The molecule has 0 unspecified atom stereocenters. The number of nitrogens with two attached hydrogens (primary N) is 1. The third-order valence-corrected chi connectivity index (χ3v) is 5.50. The number of ether oxygens (including phenoxy) is 2. The van der Waals surface area contributed by atoms with Gasteiger partial charge in [-0.3, -0.25) is 9.78 Å². The van der Waals surface area contributed by atoms with Crippen LogP contribution in [0, 0.1) is 11.7 Å². The van der Waals surface area contributed by atoms with E-state index in [0.29, 0.717) is 12.3 Å². The van der Waals surface area contributed by atoms with Gasteiger partial charge in [0.1, 0.15) is 11.5 Å². The molecular weight excluding hydrogens is 477 g/mol. The second-order valence-electron chi connectivity index (χ2n) is 7.63. The van der Waals surface area contributed by atoms with Crippen LogP contribution in [0.1, 0.15) is 21.6 Å². The molecule has 0 saturated carbocycles. The summed E-state index contributed by atoms with van der Waals surface area (Å²) in [6.45, 7) is -1.13. The van der Waals surface area contributed by atoms with Gasteiger partial charge in [-0.1, -0.05) is 0 Å². The standard InChI is InChI=1S/C20H15F7N4O3/c21-13-3-2-10(31-16(32)14-4-1-9(6-29-14)19(22,23)24)5-11(13)18-8-33-15(20(25,26)27)12(18)7-30-17(28)34-18/h1-6,12,15H,7-8H2,(H2,28,30)(H,31,32)/t12-,15+,18-/m1/s1. The maximum absolute atomic E-state index is 14.8. The van der Waals surface area contributed by atoms with E-state index in [2.05, 4.69) is 15.3 Å². The Bertz CT molecular complexity index is 1130. The van der Waals surface area contributed by atoms with Gasteiger partial charge in [-0.25, -0.2) is 9.38 Å². The first-order valence-corrected chi connectivity index (χ1v) is 9.63. The molecule has 2 aliphatic heterocycles. The Hall–Kier alpha value is -3.42. The quantitative estimate of drug-likeness (QED) is 0.638. The number of amides is 1. The van der Waals surface area contributed by atoms with E-state index >= 15 is 0 Å². The van der Waals surface area contributed by atoms with Crippen LogP contribution in [-0.2, 0) is 21.3 Å². The van der Waals surface area contributed by atoms with Crippen molar-refractivity contribution in [3.05, 3.63) is 59.2 Å². The lowest BCUT2D eigenvalue weighted by atomic mass is 9.79. The van der Waals surface area contributed by atoms with Crippen LogP contribution < -0.4 is 11.1 Å². The topological polar surface area (TPSA) is 98.8 Å². The predicted octanol–water partition coefficient (Wildman–Crippen LogP) is 3.61. The number of nitrogens with zero attached hydrogens (tertiary/aromatic N) is 2. The van der Waals surface area contributed by atoms with E-state index in [0.717, 1.165) is 24.3 Å². The molecule has 0 radical (unpaired) electrons. The van der Waals surface area contributed by atoms with Crippen molar-refractivity contribution in [2.45, 2.75) is 24.1 Å². The molecule has 2 aromatic rings. The normalized spacial score (nSPS) is 24.7. The monoisotopic (exact) mass is 492 g/mol. The number of anilines is 1. The van der Waals surface area contributed by atoms with Crippen molar-refractivity contribution in [1.29, 1.82) is 0 Å². The molecule has 0 bridgehead atoms. The Morgan fingerprint density at radius 3 is 2.50 bits per heavy atom. The number of aromatic nitrogens is 1. The zero-order valence-electron chi connectivity index (χ0n) is 16.9. The van der Waals surface area contributed by atoms with Crippen molar-refractivity contribution in [3.63, 3.8) is 0 Å². The van der Waals surface area contributed by atoms with Gasteiger partial charge in [0.25, 0.3) is 11.9 Å². The van der Waals surface area contributed by atoms with Crippen LogP contribution in [0.15, 0.2) is 41.5 Å². The molecule has 3 atom stereocenters. The molecule has 14 heteroatoms. The Morgan fingerprint density at radius 1 is 1.15 bits per heavy atom. The van der Waals surface area contributed by atoms with E-state index < -0.39 is 66.4 Å². The van der Waals surface area contributed by atoms with Crippen molar-refractivity contribution in [1.82, 2.24) is 4.98 Å². The molecule has 34 heavy (non-hydrogen) atoms. The highest BCUT2D eigenvalue weighted by Crippen LogP contribution is 2.50. The number of rotatable bonds is 3. The summed E-state index contributed by atoms with van der Waals surface area (Å²) < 4.78 is 104. The fourth-order valence-electron chi connectivity index (χ4n) is 3.91. The van der Waals surface area contributed by atoms with Crippen LogP contribution in [0.2, 0.25) is 0 Å². The van der Waals surface area contributed by atoms with E-state index in [4.69, 9.17) is 15.2 Å². The minimum absolute atomic E-state index is 0.0728. The van der Waals surface area contributed by atoms with Gasteiger partial charge in [0.15, 0.2) is 11.7 Å². The molecule has 1 fully saturated rings. The molecule has 1 aromatic heterocycles. The van der Waals surface area contributed by atoms with Crippen molar-refractivity contribution in [2.24, 2.45) is 16.6 Å². The summed E-state index contributed by atoms with van der Waals surface area (Å²) >= 11 is 0. The lowest BCUT2D eigenvalue weighted by Gasteiger charge is -2.38. The Labute approximate surface area is 186 Å². The molecule has 1 aromatic carbocycles. The number of benzene rings is 1. The number of amidine groups is 1. The first kappa shape index (κ1) is 23.7. The van der Waals surface area contributed by atoms with Crippen molar-refractivity contribution >= 4 is 17.6 Å². The van der Waals surface area contributed by atoms with Crippen LogP contribution in [0.3, 0.4) is 0 Å². The second-order valence-corrected chi connectivity index (χ2v) is 7.63. The Morgan fingerprint density at radius 2 is 1.88 bits per heavy atom. The van der Waals surface area contributed by atoms with E-state index in [1.165, 1.54) is 0 Å². The molecule has 7 nitrogen and oxygen atoms in total. The van der Waals surface area contributed by atoms with Gasteiger partial charge in [0.2, 0.25) is 0 Å². The summed E-state index contributed by atoms with van der Waals surface area (Å²) in [6.07, 6.45) is -11.3. The number of alkyl halides is 6. The molecular formula is C20H15F7N4O3. The van der Waals surface area contributed by atoms with E-state index in [-0.39, 0.29) is 16.9 Å². The van der Waals surface area contributed by atoms with E-state index in [9.17, 15) is 35.5 Å². The number of nitrogens with one attached hydrogen (secondary N) is 1. The highest BCUT2D eigenvalue weighted by atomic mass is 19.4. The third-order valence-electron chi connectivity index (χ3n) is 5.50. The zero-order valence-corrected chi connectivity index (χ0v) is 16.9. The Kier molecular flexibility index (Phi) is 5.66. The van der Waals surface area contributed by atoms with Crippen LogP contribution in [-0.4, -0.2) is 42.3 Å². The average Bonchev–Trinajstić information content (AvgIpc) is 3.14. The minimum Gasteiger partial charge on any atom is -0.451 e. The Balaban J connectivity index is 1.64. The first-order valence-electron chi connectivity index (χ1n) is 9.63. The lowest BCUT2D eigenvalue weighted by molar-refractivity contribution is -0.217. The van der Waals surface area contributed by atoms with Crippen LogP contribution in [0.5, 0.6) is 0 Å². The lowest BCUT2D eigenvalue weighted by Crippen LogP contribution is -2.50. The summed E-state index contributed by atoms with van der Waals surface area (Å²) in [5.41, 5.74) is 1.73. The SMILES string of the molecule is NC1=NC[C@@H]2[C@@H](C(F)(F)F)OC[C@]2(c2cc(NC(=O)c3ccc(C(F)(F)F)cn3)ccc2F)O1. The number of pyridine rings is 1. The molecule has 3 heterocycles. The molecule has 0 aliphatic carbocycles. The van der Waals surface area contributed by atoms with Gasteiger partial charge in [-0.05, 0) is 30.3 Å². The summed E-state index contributed by atoms with van der Waals surface area (Å²) in [5.74, 6) is -3.34.